The van der Waals surface area contributed by atoms with Crippen LogP contribution in [0.15, 0.2) is 24.3 Å². The highest BCUT2D eigenvalue weighted by molar-refractivity contribution is 7.47. The standard InChI is InChI=1S/C72H136O17P2/c1-7-10-12-14-16-18-19-20-21-24-27-30-37-43-49-55-70(75)83-61-68(88-71(76)56-50-44-38-31-28-25-22-23-26-29-34-40-46-52-64(4)5)63-87-91(80,81)85-59-66(73)58-84-90(78,79)86-62-67(60-82-69(74)54-48-42-36-17-15-13-11-8-2)89-72(77)57-51-45-39-33-32-35-41-47-53-65(6)9-3/h18-21,64-68,73H,7-17,22-63H2,1-6H3,(H,78,79)(H,80,81)/b19-18-,21-20-/t65?,66-,67+,68+/m0/s1. The Balaban J connectivity index is 5.27. The fraction of sp³-hybridized carbons (Fsp3) is 0.889. The molecule has 0 saturated carbocycles. The zero-order chi connectivity index (χ0) is 67.2. The van der Waals surface area contributed by atoms with E-state index in [0.29, 0.717) is 25.7 Å². The Labute approximate surface area is 554 Å². The molecule has 0 radical (unpaired) electrons. The second-order valence-electron chi connectivity index (χ2n) is 26.0. The van der Waals surface area contributed by atoms with E-state index in [1.807, 2.05) is 0 Å². The maximum atomic E-state index is 13.0. The average Bonchev–Trinajstić information content (AvgIpc) is 3.40. The predicted molar refractivity (Wildman–Crippen MR) is 367 cm³/mol. The smallest absolute Gasteiger partial charge is 0.462 e. The van der Waals surface area contributed by atoms with Crippen molar-refractivity contribution in [3.8, 4) is 0 Å². The van der Waals surface area contributed by atoms with Crippen LogP contribution in [0.4, 0.5) is 0 Å². The van der Waals surface area contributed by atoms with E-state index in [2.05, 4.69) is 65.8 Å². The molecule has 0 aliphatic heterocycles. The van der Waals surface area contributed by atoms with E-state index in [0.717, 1.165) is 127 Å². The lowest BCUT2D eigenvalue weighted by Crippen LogP contribution is -2.30. The summed E-state index contributed by atoms with van der Waals surface area (Å²) in [4.78, 5) is 72.5. The summed E-state index contributed by atoms with van der Waals surface area (Å²) >= 11 is 0. The van der Waals surface area contributed by atoms with Crippen LogP contribution in [-0.4, -0.2) is 96.7 Å². The average molecular weight is 1340 g/mol. The van der Waals surface area contributed by atoms with Crippen molar-refractivity contribution in [1.82, 2.24) is 0 Å². The number of rotatable bonds is 69. The van der Waals surface area contributed by atoms with E-state index in [1.54, 1.807) is 0 Å². The topological polar surface area (TPSA) is 237 Å². The van der Waals surface area contributed by atoms with Gasteiger partial charge in [-0.1, -0.05) is 291 Å². The molecule has 19 heteroatoms. The highest BCUT2D eigenvalue weighted by Crippen LogP contribution is 2.45. The van der Waals surface area contributed by atoms with E-state index >= 15 is 0 Å². The van der Waals surface area contributed by atoms with Crippen molar-refractivity contribution in [2.45, 2.75) is 362 Å². The molecule has 0 aromatic heterocycles. The van der Waals surface area contributed by atoms with Gasteiger partial charge >= 0.3 is 39.5 Å². The first-order chi connectivity index (χ1) is 43.9. The minimum absolute atomic E-state index is 0.100. The Kier molecular flexibility index (Phi) is 61.9. The first-order valence-corrected chi connectivity index (χ1v) is 39.8. The van der Waals surface area contributed by atoms with Crippen LogP contribution in [0.2, 0.25) is 0 Å². The minimum Gasteiger partial charge on any atom is -0.462 e. The molecular weight excluding hydrogens is 1200 g/mol. The highest BCUT2D eigenvalue weighted by atomic mass is 31.2. The second kappa shape index (κ2) is 63.6. The summed E-state index contributed by atoms with van der Waals surface area (Å²) in [6.45, 7) is 9.48. The van der Waals surface area contributed by atoms with E-state index in [1.165, 1.54) is 135 Å². The van der Waals surface area contributed by atoms with Crippen molar-refractivity contribution >= 4 is 39.5 Å². The number of phosphoric acid groups is 2. The quantitative estimate of drug-likeness (QED) is 0.0169. The summed E-state index contributed by atoms with van der Waals surface area (Å²) in [5.74, 6) is -0.603. The van der Waals surface area contributed by atoms with E-state index in [4.69, 9.17) is 37.0 Å². The van der Waals surface area contributed by atoms with Gasteiger partial charge in [0.1, 0.15) is 19.3 Å². The van der Waals surface area contributed by atoms with Crippen molar-refractivity contribution in [3.05, 3.63) is 24.3 Å². The molecule has 0 rings (SSSR count). The lowest BCUT2D eigenvalue weighted by atomic mass is 9.99. The van der Waals surface area contributed by atoms with E-state index in [-0.39, 0.29) is 25.7 Å². The molecule has 0 aromatic carbocycles. The van der Waals surface area contributed by atoms with Crippen LogP contribution in [0.3, 0.4) is 0 Å². The zero-order valence-corrected chi connectivity index (χ0v) is 60.4. The number of unbranched alkanes of at least 4 members (excludes halogenated alkanes) is 35. The summed E-state index contributed by atoms with van der Waals surface area (Å²) in [5, 5.41) is 10.6. The predicted octanol–water partition coefficient (Wildman–Crippen LogP) is 20.3. The third kappa shape index (κ3) is 64.6. The third-order valence-corrected chi connectivity index (χ3v) is 18.3. The summed E-state index contributed by atoms with van der Waals surface area (Å²) in [6.07, 6.45) is 52.1. The van der Waals surface area contributed by atoms with Gasteiger partial charge in [0.15, 0.2) is 12.2 Å². The monoisotopic (exact) mass is 1330 g/mol. The molecule has 6 atom stereocenters. The number of allylic oxidation sites excluding steroid dienone is 4. The Bertz CT molecular complexity index is 1860. The highest BCUT2D eigenvalue weighted by Gasteiger charge is 2.30. The van der Waals surface area contributed by atoms with Gasteiger partial charge in [-0.25, -0.2) is 9.13 Å². The number of hydrogen-bond donors (Lipinski definition) is 3. The Morgan fingerprint density at radius 3 is 0.989 bits per heavy atom. The molecule has 536 valence electrons. The Hall–Kier alpha value is -2.46. The van der Waals surface area contributed by atoms with Gasteiger partial charge in [-0.15, -0.1) is 0 Å². The van der Waals surface area contributed by atoms with Gasteiger partial charge in [0.25, 0.3) is 0 Å². The van der Waals surface area contributed by atoms with Gasteiger partial charge in [0.05, 0.1) is 26.4 Å². The summed E-state index contributed by atoms with van der Waals surface area (Å²) < 4.78 is 68.3. The summed E-state index contributed by atoms with van der Waals surface area (Å²) in [6, 6.07) is 0. The van der Waals surface area contributed by atoms with Gasteiger partial charge < -0.3 is 33.8 Å². The summed E-state index contributed by atoms with van der Waals surface area (Å²) in [5.41, 5.74) is 0. The fourth-order valence-electron chi connectivity index (χ4n) is 10.4. The molecular formula is C72H136O17P2. The minimum atomic E-state index is -4.96. The number of carbonyl (C=O) groups excluding carboxylic acids is 4. The van der Waals surface area contributed by atoms with Crippen molar-refractivity contribution in [1.29, 1.82) is 0 Å². The first-order valence-electron chi connectivity index (χ1n) is 36.8. The number of phosphoric ester groups is 2. The zero-order valence-electron chi connectivity index (χ0n) is 58.6. The van der Waals surface area contributed by atoms with Crippen molar-refractivity contribution in [2.24, 2.45) is 11.8 Å². The Morgan fingerprint density at radius 1 is 0.363 bits per heavy atom. The van der Waals surface area contributed by atoms with Crippen molar-refractivity contribution < 1.29 is 80.2 Å². The van der Waals surface area contributed by atoms with Crippen LogP contribution in [-0.2, 0) is 65.4 Å². The van der Waals surface area contributed by atoms with E-state index < -0.39 is 97.5 Å². The lowest BCUT2D eigenvalue weighted by molar-refractivity contribution is -0.161. The largest absolute Gasteiger partial charge is 0.472 e. The third-order valence-electron chi connectivity index (χ3n) is 16.4. The molecule has 0 aliphatic rings. The lowest BCUT2D eigenvalue weighted by Gasteiger charge is -2.21. The van der Waals surface area contributed by atoms with Crippen LogP contribution < -0.4 is 0 Å². The van der Waals surface area contributed by atoms with Gasteiger partial charge in [0, 0.05) is 25.7 Å². The fourth-order valence-corrected chi connectivity index (χ4v) is 12.0. The molecule has 17 nitrogen and oxygen atoms in total. The maximum absolute atomic E-state index is 13.0. The Morgan fingerprint density at radius 2 is 0.648 bits per heavy atom. The van der Waals surface area contributed by atoms with Gasteiger partial charge in [-0.05, 0) is 63.2 Å². The molecule has 0 aromatic rings. The molecule has 0 saturated heterocycles. The molecule has 0 bridgehead atoms. The molecule has 0 spiro atoms. The molecule has 0 aliphatic carbocycles. The van der Waals surface area contributed by atoms with Gasteiger partial charge in [0.2, 0.25) is 0 Å². The van der Waals surface area contributed by atoms with Crippen molar-refractivity contribution in [3.63, 3.8) is 0 Å². The van der Waals surface area contributed by atoms with Crippen LogP contribution in [0.1, 0.15) is 343 Å². The van der Waals surface area contributed by atoms with Gasteiger partial charge in [-0.3, -0.25) is 37.3 Å². The number of esters is 4. The molecule has 3 N–H and O–H groups in total. The molecule has 0 fully saturated rings. The normalized spacial score (nSPS) is 14.6. The maximum Gasteiger partial charge on any atom is 0.472 e. The van der Waals surface area contributed by atoms with E-state index in [9.17, 15) is 43.2 Å². The molecule has 0 amide bonds. The second-order valence-corrected chi connectivity index (χ2v) is 28.9. The number of hydrogen-bond acceptors (Lipinski definition) is 15. The number of ether oxygens (including phenoxy) is 4. The van der Waals surface area contributed by atoms with Crippen molar-refractivity contribution in [2.75, 3.05) is 39.6 Å². The number of aliphatic hydroxyl groups excluding tert-OH is 1. The van der Waals surface area contributed by atoms with Crippen LogP contribution in [0.25, 0.3) is 0 Å². The van der Waals surface area contributed by atoms with Gasteiger partial charge in [-0.2, -0.15) is 0 Å². The van der Waals surface area contributed by atoms with Crippen LogP contribution in [0, 0.1) is 11.8 Å². The molecule has 3 unspecified atom stereocenters. The number of aliphatic hydroxyl groups is 1. The molecule has 0 heterocycles. The number of carbonyl (C=O) groups is 4. The first kappa shape index (κ1) is 88.5. The SMILES string of the molecule is CCCCCC/C=C\C=C/CCCCCCCC(=O)OC[C@H](COP(=O)(O)OC[C@@H](O)COP(=O)(O)OC[C@@H](COC(=O)CCCCCCCCCC)OC(=O)CCCCCCCCCCC(C)CC)OC(=O)CCCCCCCCCCCCCCCC(C)C. The van der Waals surface area contributed by atoms with Crippen LogP contribution in [0.5, 0.6) is 0 Å². The van der Waals surface area contributed by atoms with Crippen LogP contribution >= 0.6 is 15.6 Å². The summed E-state index contributed by atoms with van der Waals surface area (Å²) in [7, 11) is -9.91. The molecule has 91 heavy (non-hydrogen) atoms.